The van der Waals surface area contributed by atoms with Crippen LogP contribution in [0.4, 0.5) is 0 Å². The third kappa shape index (κ3) is 0.525. The van der Waals surface area contributed by atoms with E-state index in [4.69, 9.17) is 0 Å². The Labute approximate surface area is 49.5 Å². The average molecular weight is 122 g/mol. The predicted molar refractivity (Wildman–Crippen MR) is 26.4 cm³/mol. The molecule has 0 unspecified atom stereocenters. The van der Waals surface area contributed by atoms with Gasteiger partial charge < -0.3 is 0 Å². The van der Waals surface area contributed by atoms with E-state index in [1.807, 2.05) is 0 Å². The average Bonchev–Trinajstić information content (AvgIpc) is 2.33. The summed E-state index contributed by atoms with van der Waals surface area (Å²) < 4.78 is 1.44. The summed E-state index contributed by atoms with van der Waals surface area (Å²) >= 11 is 0. The summed E-state index contributed by atoms with van der Waals surface area (Å²) in [4.78, 5) is 0. The number of nitrogens with zero attached hydrogens (tertiary/aromatic N) is 6. The third-order valence-electron chi connectivity index (χ3n) is 0.919. The van der Waals surface area contributed by atoms with E-state index in [2.05, 4.69) is 25.7 Å². The molecule has 44 valence electrons. The van der Waals surface area contributed by atoms with Crippen LogP contribution in [0.3, 0.4) is 0 Å². The molecule has 0 saturated carbocycles. The molecule has 0 bridgehead atoms. The zero-order valence-corrected chi connectivity index (χ0v) is 4.34. The number of rotatable bonds is 0. The maximum atomic E-state index is 3.62. The Bertz CT molecular complexity index is 282. The van der Waals surface area contributed by atoms with Gasteiger partial charge in [0.25, 0.3) is 0 Å². The molecule has 0 aromatic carbocycles. The number of hydrogen-bond donors (Lipinski definition) is 0. The highest BCUT2D eigenvalue weighted by Gasteiger charge is 1.91. The van der Waals surface area contributed by atoms with Crippen molar-refractivity contribution in [2.75, 3.05) is 0 Å². The van der Waals surface area contributed by atoms with E-state index >= 15 is 0 Å². The predicted octanol–water partition coefficient (Wildman–Crippen LogP) is -1.09. The van der Waals surface area contributed by atoms with Crippen molar-refractivity contribution in [1.29, 1.82) is 0 Å². The lowest BCUT2D eigenvalue weighted by atomic mass is 10.8. The van der Waals surface area contributed by atoms with E-state index < -0.39 is 0 Å². The van der Waals surface area contributed by atoms with Gasteiger partial charge in [0.2, 0.25) is 5.65 Å². The fraction of sp³-hybridized carbons (Fsp3) is 0. The second kappa shape index (κ2) is 1.44. The highest BCUT2D eigenvalue weighted by atomic mass is 15.5. The topological polar surface area (TPSA) is 68.9 Å². The largest absolute Gasteiger partial charge is 0.201 e. The van der Waals surface area contributed by atoms with Gasteiger partial charge in [-0.3, -0.25) is 0 Å². The molecule has 0 spiro atoms. The molecule has 6 nitrogen and oxygen atoms in total. The van der Waals surface area contributed by atoms with Gasteiger partial charge in [0, 0.05) is 0 Å². The number of fused-ring (bicyclic) bond motifs is 1. The summed E-state index contributed by atoms with van der Waals surface area (Å²) in [5.41, 5.74) is 0.602. The molecular formula is C3H2N6. The monoisotopic (exact) mass is 122 g/mol. The van der Waals surface area contributed by atoms with Gasteiger partial charge in [-0.2, -0.15) is 9.61 Å². The lowest BCUT2D eigenvalue weighted by Gasteiger charge is -1.80. The quantitative estimate of drug-likeness (QED) is 0.444. The van der Waals surface area contributed by atoms with Crippen molar-refractivity contribution >= 4 is 5.65 Å². The van der Waals surface area contributed by atoms with Crippen LogP contribution < -0.4 is 0 Å². The SMILES string of the molecule is c1nncn2nnnc12. The molecule has 0 amide bonds. The van der Waals surface area contributed by atoms with E-state index in [9.17, 15) is 0 Å². The first-order chi connectivity index (χ1) is 4.47. The molecule has 9 heavy (non-hydrogen) atoms. The van der Waals surface area contributed by atoms with Crippen LogP contribution >= 0.6 is 0 Å². The van der Waals surface area contributed by atoms with Crippen molar-refractivity contribution < 1.29 is 0 Å². The first-order valence-electron chi connectivity index (χ1n) is 2.31. The molecule has 6 heteroatoms. The Hall–Kier alpha value is -1.59. The van der Waals surface area contributed by atoms with Gasteiger partial charge in [0.05, 0.1) is 6.20 Å². The second-order valence-electron chi connectivity index (χ2n) is 1.46. The lowest BCUT2D eigenvalue weighted by molar-refractivity contribution is 0.792. The molecule has 0 atom stereocenters. The van der Waals surface area contributed by atoms with Crippen LogP contribution in [0.15, 0.2) is 12.5 Å². The van der Waals surface area contributed by atoms with Crippen molar-refractivity contribution in [2.24, 2.45) is 0 Å². The fourth-order valence-electron chi connectivity index (χ4n) is 0.531. The van der Waals surface area contributed by atoms with Gasteiger partial charge in [-0.25, -0.2) is 0 Å². The molecule has 0 saturated heterocycles. The van der Waals surface area contributed by atoms with Crippen LogP contribution in [0.2, 0.25) is 0 Å². The minimum Gasteiger partial charge on any atom is -0.179 e. The molecule has 0 radical (unpaired) electrons. The highest BCUT2D eigenvalue weighted by Crippen LogP contribution is 1.85. The van der Waals surface area contributed by atoms with E-state index in [0.717, 1.165) is 0 Å². The zero-order valence-electron chi connectivity index (χ0n) is 4.34. The molecule has 0 aliphatic heterocycles. The summed E-state index contributed by atoms with van der Waals surface area (Å²) in [7, 11) is 0. The Morgan fingerprint density at radius 1 is 1.33 bits per heavy atom. The maximum Gasteiger partial charge on any atom is 0.201 e. The molecule has 2 aromatic heterocycles. The first kappa shape index (κ1) is 4.30. The fourth-order valence-corrected chi connectivity index (χ4v) is 0.531. The Balaban J connectivity index is 2.95. The van der Waals surface area contributed by atoms with Gasteiger partial charge in [0.1, 0.15) is 6.33 Å². The van der Waals surface area contributed by atoms with Gasteiger partial charge in [-0.15, -0.1) is 10.2 Å². The third-order valence-corrected chi connectivity index (χ3v) is 0.919. The summed E-state index contributed by atoms with van der Waals surface area (Å²) in [5.74, 6) is 0. The molecule has 0 aliphatic carbocycles. The molecule has 2 aromatic rings. The minimum atomic E-state index is 0.602. The Morgan fingerprint density at radius 3 is 3.22 bits per heavy atom. The van der Waals surface area contributed by atoms with Gasteiger partial charge >= 0.3 is 0 Å². The summed E-state index contributed by atoms with van der Waals surface area (Å²) in [6, 6.07) is 0. The molecule has 2 heterocycles. The second-order valence-corrected chi connectivity index (χ2v) is 1.46. The van der Waals surface area contributed by atoms with Crippen molar-refractivity contribution in [3.8, 4) is 0 Å². The van der Waals surface area contributed by atoms with E-state index in [-0.39, 0.29) is 0 Å². The molecule has 0 N–H and O–H groups in total. The van der Waals surface area contributed by atoms with Crippen molar-refractivity contribution in [1.82, 2.24) is 30.2 Å². The lowest BCUT2D eigenvalue weighted by Crippen LogP contribution is -1.89. The Kier molecular flexibility index (Phi) is 0.689. The minimum absolute atomic E-state index is 0.602. The smallest absolute Gasteiger partial charge is 0.179 e. The number of tetrazole rings is 1. The van der Waals surface area contributed by atoms with Gasteiger partial charge in [-0.05, 0) is 10.4 Å². The normalized spacial score (nSPS) is 10.2. The number of aromatic nitrogens is 6. The van der Waals surface area contributed by atoms with Gasteiger partial charge in [-0.1, -0.05) is 0 Å². The number of hydrogen-bond acceptors (Lipinski definition) is 5. The zero-order chi connectivity index (χ0) is 6.10. The Morgan fingerprint density at radius 2 is 2.33 bits per heavy atom. The highest BCUT2D eigenvalue weighted by molar-refractivity contribution is 5.27. The molecule has 0 fully saturated rings. The summed E-state index contributed by atoms with van der Waals surface area (Å²) in [6.07, 6.45) is 2.93. The van der Waals surface area contributed by atoms with Crippen LogP contribution in [0.5, 0.6) is 0 Å². The van der Waals surface area contributed by atoms with Crippen molar-refractivity contribution in [3.63, 3.8) is 0 Å². The van der Waals surface area contributed by atoms with Crippen LogP contribution in [-0.4, -0.2) is 30.2 Å². The van der Waals surface area contributed by atoms with Crippen molar-refractivity contribution in [3.05, 3.63) is 12.5 Å². The summed E-state index contributed by atoms with van der Waals surface area (Å²) in [6.45, 7) is 0. The van der Waals surface area contributed by atoms with Crippen LogP contribution in [0.1, 0.15) is 0 Å². The van der Waals surface area contributed by atoms with E-state index in [0.29, 0.717) is 5.65 Å². The van der Waals surface area contributed by atoms with Crippen LogP contribution in [0, 0.1) is 0 Å². The van der Waals surface area contributed by atoms with Crippen LogP contribution in [0.25, 0.3) is 5.65 Å². The van der Waals surface area contributed by atoms with E-state index in [1.165, 1.54) is 17.0 Å². The molecular weight excluding hydrogens is 120 g/mol. The van der Waals surface area contributed by atoms with Gasteiger partial charge in [0.15, 0.2) is 0 Å². The standard InChI is InChI=1S/C3H2N6/c1-3-6-7-8-9(3)2-5-4-1/h1-2H. The maximum absolute atomic E-state index is 3.62. The first-order valence-corrected chi connectivity index (χ1v) is 2.31. The summed E-state index contributed by atoms with van der Waals surface area (Å²) in [5, 5.41) is 17.7. The van der Waals surface area contributed by atoms with Crippen molar-refractivity contribution in [2.45, 2.75) is 0 Å². The van der Waals surface area contributed by atoms with Crippen LogP contribution in [-0.2, 0) is 0 Å². The molecule has 2 rings (SSSR count). The molecule has 0 aliphatic rings. The van der Waals surface area contributed by atoms with E-state index in [1.54, 1.807) is 0 Å².